The van der Waals surface area contributed by atoms with Crippen molar-refractivity contribution in [2.75, 3.05) is 35.0 Å². The van der Waals surface area contributed by atoms with Crippen molar-refractivity contribution >= 4 is 21.8 Å². The van der Waals surface area contributed by atoms with Crippen LogP contribution in [0.5, 0.6) is 23.0 Å². The fraction of sp³-hybridized carbons (Fsp3) is 0.350. The average molecular weight is 438 g/mol. The second-order valence-electron chi connectivity index (χ2n) is 5.74. The summed E-state index contributed by atoms with van der Waals surface area (Å²) >= 11 is 3.49. The molecule has 0 aliphatic heterocycles. The molecule has 0 aliphatic carbocycles. The van der Waals surface area contributed by atoms with Gasteiger partial charge in [0.15, 0.2) is 23.0 Å². The van der Waals surface area contributed by atoms with E-state index in [1.54, 1.807) is 34.5 Å². The van der Waals surface area contributed by atoms with Gasteiger partial charge in [-0.2, -0.15) is 0 Å². The lowest BCUT2D eigenvalue weighted by Crippen LogP contribution is -2.27. The van der Waals surface area contributed by atoms with Crippen molar-refractivity contribution in [3.8, 4) is 23.0 Å². The molecule has 0 saturated carbocycles. The quantitative estimate of drug-likeness (QED) is 0.651. The molecule has 0 fully saturated rings. The van der Waals surface area contributed by atoms with E-state index >= 15 is 0 Å². The zero-order valence-corrected chi connectivity index (χ0v) is 17.5. The van der Waals surface area contributed by atoms with Crippen molar-refractivity contribution in [1.82, 2.24) is 5.32 Å². The first-order valence-corrected chi connectivity index (χ1v) is 9.20. The van der Waals surface area contributed by atoms with Crippen LogP contribution in [0, 0.1) is 0 Å². The Morgan fingerprint density at radius 2 is 1.59 bits per heavy atom. The largest absolute Gasteiger partial charge is 0.493 e. The van der Waals surface area contributed by atoms with Crippen LogP contribution >= 0.6 is 15.9 Å². The van der Waals surface area contributed by atoms with Crippen LogP contribution in [-0.4, -0.2) is 40.9 Å². The van der Waals surface area contributed by atoms with Gasteiger partial charge < -0.3 is 24.3 Å². The van der Waals surface area contributed by atoms with Gasteiger partial charge in [-0.05, 0) is 51.7 Å². The van der Waals surface area contributed by atoms with E-state index in [9.17, 15) is 4.79 Å². The number of ether oxygens (including phenoxy) is 4. The molecule has 2 rings (SSSR count). The van der Waals surface area contributed by atoms with Gasteiger partial charge in [0.1, 0.15) is 0 Å². The molecule has 146 valence electrons. The number of halogens is 1. The number of methoxy groups -OCH3 is 4. The maximum absolute atomic E-state index is 12.3. The molecule has 0 aliphatic rings. The lowest BCUT2D eigenvalue weighted by molar-refractivity contribution is -0.120. The third-order valence-corrected chi connectivity index (χ3v) is 4.97. The Morgan fingerprint density at radius 1 is 0.926 bits per heavy atom. The number of carbonyl (C=O) groups is 1. The highest BCUT2D eigenvalue weighted by Gasteiger charge is 2.15. The number of hydrogen-bond acceptors (Lipinski definition) is 5. The molecule has 2 aromatic carbocycles. The van der Waals surface area contributed by atoms with E-state index in [0.717, 1.165) is 15.6 Å². The van der Waals surface area contributed by atoms with Crippen molar-refractivity contribution in [1.29, 1.82) is 0 Å². The number of amides is 1. The molecule has 0 spiro atoms. The van der Waals surface area contributed by atoms with Crippen molar-refractivity contribution < 1.29 is 23.7 Å². The highest BCUT2D eigenvalue weighted by atomic mass is 79.9. The smallest absolute Gasteiger partial charge is 0.224 e. The third-order valence-electron chi connectivity index (χ3n) is 4.10. The van der Waals surface area contributed by atoms with E-state index in [0.29, 0.717) is 36.0 Å². The van der Waals surface area contributed by atoms with Gasteiger partial charge in [-0.1, -0.05) is 12.1 Å². The first-order chi connectivity index (χ1) is 13.0. The summed E-state index contributed by atoms with van der Waals surface area (Å²) in [6.07, 6.45) is 0.937. The molecule has 6 nitrogen and oxygen atoms in total. The molecule has 0 heterocycles. The van der Waals surface area contributed by atoms with Gasteiger partial charge in [-0.25, -0.2) is 0 Å². The maximum Gasteiger partial charge on any atom is 0.224 e. The summed E-state index contributed by atoms with van der Waals surface area (Å²) in [5.41, 5.74) is 1.89. The van der Waals surface area contributed by atoms with Gasteiger partial charge >= 0.3 is 0 Å². The van der Waals surface area contributed by atoms with Crippen LogP contribution in [0.3, 0.4) is 0 Å². The molecule has 0 unspecified atom stereocenters. The summed E-state index contributed by atoms with van der Waals surface area (Å²) in [5, 5.41) is 2.94. The molecule has 0 atom stereocenters. The van der Waals surface area contributed by atoms with Gasteiger partial charge in [0, 0.05) is 6.54 Å². The molecule has 0 radical (unpaired) electrons. The Morgan fingerprint density at radius 3 is 2.22 bits per heavy atom. The molecule has 27 heavy (non-hydrogen) atoms. The maximum atomic E-state index is 12.3. The molecule has 0 bridgehead atoms. The summed E-state index contributed by atoms with van der Waals surface area (Å²) < 4.78 is 21.8. The Labute approximate surface area is 167 Å². The second-order valence-corrected chi connectivity index (χ2v) is 6.53. The normalized spacial score (nSPS) is 10.3. The van der Waals surface area contributed by atoms with Crippen LogP contribution in [0.4, 0.5) is 0 Å². The SMILES string of the molecule is COc1ccc(CCNC(=O)Cc2ccc(OC)c(OC)c2Br)cc1OC. The van der Waals surface area contributed by atoms with E-state index in [-0.39, 0.29) is 12.3 Å². The van der Waals surface area contributed by atoms with E-state index in [2.05, 4.69) is 21.2 Å². The van der Waals surface area contributed by atoms with Crippen LogP contribution in [0.1, 0.15) is 11.1 Å². The molecule has 2 aromatic rings. The minimum atomic E-state index is -0.0663. The van der Waals surface area contributed by atoms with E-state index < -0.39 is 0 Å². The fourth-order valence-corrected chi connectivity index (χ4v) is 3.31. The van der Waals surface area contributed by atoms with Crippen molar-refractivity contribution in [2.45, 2.75) is 12.8 Å². The number of rotatable bonds is 9. The predicted molar refractivity (Wildman–Crippen MR) is 107 cm³/mol. The second kappa shape index (κ2) is 10.1. The number of benzene rings is 2. The standard InChI is InChI=1S/C20H24BrNO5/c1-24-15-7-5-13(11-17(15)26-3)9-10-22-18(23)12-14-6-8-16(25-2)20(27-4)19(14)21/h5-8,11H,9-10,12H2,1-4H3,(H,22,23). The van der Waals surface area contributed by atoms with Crippen molar-refractivity contribution in [3.05, 3.63) is 45.9 Å². The highest BCUT2D eigenvalue weighted by molar-refractivity contribution is 9.10. The first kappa shape index (κ1) is 20.9. The molecule has 1 N–H and O–H groups in total. The van der Waals surface area contributed by atoms with E-state index in [4.69, 9.17) is 18.9 Å². The zero-order chi connectivity index (χ0) is 19.8. The van der Waals surface area contributed by atoms with E-state index in [1.165, 1.54) is 0 Å². The first-order valence-electron chi connectivity index (χ1n) is 8.41. The van der Waals surface area contributed by atoms with Crippen molar-refractivity contribution in [2.24, 2.45) is 0 Å². The number of hydrogen-bond donors (Lipinski definition) is 1. The minimum Gasteiger partial charge on any atom is -0.493 e. The summed E-state index contributed by atoms with van der Waals surface area (Å²) in [6, 6.07) is 9.36. The Balaban J connectivity index is 1.94. The predicted octanol–water partition coefficient (Wildman–Crippen LogP) is 3.38. The van der Waals surface area contributed by atoms with Crippen LogP contribution < -0.4 is 24.3 Å². The van der Waals surface area contributed by atoms with Crippen molar-refractivity contribution in [3.63, 3.8) is 0 Å². The summed E-state index contributed by atoms with van der Waals surface area (Å²) in [6.45, 7) is 0.527. The summed E-state index contributed by atoms with van der Waals surface area (Å²) in [4.78, 5) is 12.3. The molecule has 0 aromatic heterocycles. The van der Waals surface area contributed by atoms with Crippen LogP contribution in [0.15, 0.2) is 34.8 Å². The molecule has 0 saturated heterocycles. The number of nitrogens with one attached hydrogen (secondary N) is 1. The number of carbonyl (C=O) groups excluding carboxylic acids is 1. The van der Waals surface area contributed by atoms with E-state index in [1.807, 2.05) is 24.3 Å². The molecule has 1 amide bonds. The third kappa shape index (κ3) is 5.29. The van der Waals surface area contributed by atoms with Gasteiger partial charge in [-0.15, -0.1) is 0 Å². The fourth-order valence-electron chi connectivity index (χ4n) is 2.68. The topological polar surface area (TPSA) is 66.0 Å². The van der Waals surface area contributed by atoms with Crippen LogP contribution in [0.25, 0.3) is 0 Å². The Kier molecular flexibility index (Phi) is 7.79. The highest BCUT2D eigenvalue weighted by Crippen LogP contribution is 2.37. The summed E-state index contributed by atoms with van der Waals surface area (Å²) in [7, 11) is 6.34. The summed E-state index contributed by atoms with van der Waals surface area (Å²) in [5.74, 6) is 2.48. The minimum absolute atomic E-state index is 0.0663. The molecule has 7 heteroatoms. The average Bonchev–Trinajstić information content (AvgIpc) is 2.69. The van der Waals surface area contributed by atoms with Gasteiger partial charge in [0.2, 0.25) is 5.91 Å². The van der Waals surface area contributed by atoms with Gasteiger partial charge in [0.05, 0.1) is 39.3 Å². The van der Waals surface area contributed by atoms with Gasteiger partial charge in [-0.3, -0.25) is 4.79 Å². The van der Waals surface area contributed by atoms with Crippen LogP contribution in [-0.2, 0) is 17.6 Å². The van der Waals surface area contributed by atoms with Gasteiger partial charge in [0.25, 0.3) is 0 Å². The Bertz CT molecular complexity index is 794. The lowest BCUT2D eigenvalue weighted by Gasteiger charge is -2.13. The Hall–Kier alpha value is -2.41. The monoisotopic (exact) mass is 437 g/mol. The van der Waals surface area contributed by atoms with Crippen LogP contribution in [0.2, 0.25) is 0 Å². The molecular formula is C20H24BrNO5. The lowest BCUT2D eigenvalue weighted by atomic mass is 10.1. The molecular weight excluding hydrogens is 414 g/mol. The zero-order valence-electron chi connectivity index (χ0n) is 15.9.